The standard InChI is InChI=1S/C15H16N2O3/c1-11(18)9-16-15(20)12-7-8-14(19)17(10-12)13-5-3-2-4-6-13/h2-8,10-11,18H,9H2,1H3,(H,16,20). The van der Waals surface area contributed by atoms with Gasteiger partial charge in [-0.2, -0.15) is 0 Å². The summed E-state index contributed by atoms with van der Waals surface area (Å²) in [5.41, 5.74) is 0.861. The summed E-state index contributed by atoms with van der Waals surface area (Å²) in [5.74, 6) is -0.324. The summed E-state index contributed by atoms with van der Waals surface area (Å²) in [6.45, 7) is 1.76. The van der Waals surface area contributed by atoms with Gasteiger partial charge in [-0.3, -0.25) is 14.2 Å². The second-order valence-corrected chi connectivity index (χ2v) is 4.52. The van der Waals surface area contributed by atoms with E-state index in [2.05, 4.69) is 5.32 Å². The van der Waals surface area contributed by atoms with E-state index in [9.17, 15) is 9.59 Å². The third-order valence-electron chi connectivity index (χ3n) is 2.77. The Morgan fingerprint density at radius 2 is 1.95 bits per heavy atom. The lowest BCUT2D eigenvalue weighted by Crippen LogP contribution is -2.31. The van der Waals surface area contributed by atoms with E-state index in [1.165, 1.54) is 22.9 Å². The lowest BCUT2D eigenvalue weighted by molar-refractivity contribution is 0.0923. The molecule has 20 heavy (non-hydrogen) atoms. The van der Waals surface area contributed by atoms with Gasteiger partial charge in [-0.1, -0.05) is 18.2 Å². The summed E-state index contributed by atoms with van der Waals surface area (Å²) in [6.07, 6.45) is 0.883. The van der Waals surface area contributed by atoms with Crippen molar-refractivity contribution in [1.29, 1.82) is 0 Å². The Labute approximate surface area is 116 Å². The molecule has 0 aliphatic carbocycles. The minimum atomic E-state index is -0.612. The first-order valence-corrected chi connectivity index (χ1v) is 6.32. The Hall–Kier alpha value is -2.40. The van der Waals surface area contributed by atoms with Crippen LogP contribution in [0.2, 0.25) is 0 Å². The van der Waals surface area contributed by atoms with Gasteiger partial charge in [-0.15, -0.1) is 0 Å². The first-order chi connectivity index (χ1) is 9.58. The summed E-state index contributed by atoms with van der Waals surface area (Å²) in [6, 6.07) is 11.9. The van der Waals surface area contributed by atoms with Gasteiger partial charge in [0.2, 0.25) is 0 Å². The Kier molecular flexibility index (Phi) is 4.32. The van der Waals surface area contributed by atoms with E-state index in [1.54, 1.807) is 19.1 Å². The third kappa shape index (κ3) is 3.33. The van der Waals surface area contributed by atoms with Gasteiger partial charge in [0.25, 0.3) is 11.5 Å². The van der Waals surface area contributed by atoms with Crippen LogP contribution in [0.3, 0.4) is 0 Å². The highest BCUT2D eigenvalue weighted by atomic mass is 16.3. The Morgan fingerprint density at radius 3 is 2.60 bits per heavy atom. The molecule has 0 radical (unpaired) electrons. The van der Waals surface area contributed by atoms with Gasteiger partial charge in [-0.05, 0) is 25.1 Å². The van der Waals surface area contributed by atoms with Gasteiger partial charge >= 0.3 is 0 Å². The monoisotopic (exact) mass is 272 g/mol. The van der Waals surface area contributed by atoms with Crippen molar-refractivity contribution >= 4 is 5.91 Å². The lowest BCUT2D eigenvalue weighted by Gasteiger charge is -2.10. The number of amides is 1. The quantitative estimate of drug-likeness (QED) is 0.870. The molecule has 5 nitrogen and oxygen atoms in total. The van der Waals surface area contributed by atoms with Gasteiger partial charge in [0.1, 0.15) is 0 Å². The predicted octanol–water partition coefficient (Wildman–Crippen LogP) is 0.948. The van der Waals surface area contributed by atoms with E-state index in [1.807, 2.05) is 18.2 Å². The second-order valence-electron chi connectivity index (χ2n) is 4.52. The van der Waals surface area contributed by atoms with Crippen LogP contribution in [0.5, 0.6) is 0 Å². The van der Waals surface area contributed by atoms with Crippen molar-refractivity contribution in [2.75, 3.05) is 6.54 Å². The van der Waals surface area contributed by atoms with Gasteiger partial charge in [0, 0.05) is 24.5 Å². The fourth-order valence-electron chi connectivity index (χ4n) is 1.75. The number of rotatable bonds is 4. The summed E-state index contributed by atoms with van der Waals surface area (Å²) in [4.78, 5) is 23.8. The molecule has 1 unspecified atom stereocenters. The summed E-state index contributed by atoms with van der Waals surface area (Å²) in [5, 5.41) is 11.7. The Morgan fingerprint density at radius 1 is 1.25 bits per heavy atom. The fourth-order valence-corrected chi connectivity index (χ4v) is 1.75. The van der Waals surface area contributed by atoms with Crippen LogP contribution in [0, 0.1) is 0 Å². The smallest absolute Gasteiger partial charge is 0.255 e. The molecule has 1 aromatic carbocycles. The van der Waals surface area contributed by atoms with Gasteiger partial charge in [-0.25, -0.2) is 0 Å². The molecule has 0 saturated carbocycles. The fraction of sp³-hybridized carbons (Fsp3) is 0.200. The predicted molar refractivity (Wildman–Crippen MR) is 76.1 cm³/mol. The zero-order valence-electron chi connectivity index (χ0n) is 11.1. The van der Waals surface area contributed by atoms with Crippen LogP contribution in [0.25, 0.3) is 5.69 Å². The lowest BCUT2D eigenvalue weighted by atomic mass is 10.2. The van der Waals surface area contributed by atoms with Crippen molar-refractivity contribution in [3.05, 3.63) is 64.6 Å². The largest absolute Gasteiger partial charge is 0.392 e. The Bertz CT molecular complexity index is 648. The molecule has 5 heteroatoms. The number of nitrogens with zero attached hydrogens (tertiary/aromatic N) is 1. The number of hydrogen-bond donors (Lipinski definition) is 2. The highest BCUT2D eigenvalue weighted by Crippen LogP contribution is 2.05. The molecule has 1 amide bonds. The van der Waals surface area contributed by atoms with Gasteiger partial charge in [0.15, 0.2) is 0 Å². The molecule has 2 aromatic rings. The summed E-state index contributed by atoms with van der Waals surface area (Å²) < 4.78 is 1.41. The molecule has 1 heterocycles. The molecule has 0 aliphatic rings. The first-order valence-electron chi connectivity index (χ1n) is 6.32. The van der Waals surface area contributed by atoms with Crippen LogP contribution in [0.15, 0.2) is 53.5 Å². The minimum absolute atomic E-state index is 0.170. The van der Waals surface area contributed by atoms with E-state index in [-0.39, 0.29) is 18.0 Å². The average Bonchev–Trinajstić information content (AvgIpc) is 2.46. The number of aromatic nitrogens is 1. The number of aliphatic hydroxyl groups is 1. The van der Waals surface area contributed by atoms with E-state index < -0.39 is 6.10 Å². The van der Waals surface area contributed by atoms with Gasteiger partial charge < -0.3 is 10.4 Å². The molecule has 0 aliphatic heterocycles. The number of hydrogen-bond acceptors (Lipinski definition) is 3. The SMILES string of the molecule is CC(O)CNC(=O)c1ccc(=O)n(-c2ccccc2)c1. The average molecular weight is 272 g/mol. The normalized spacial score (nSPS) is 11.9. The van der Waals surface area contributed by atoms with E-state index >= 15 is 0 Å². The third-order valence-corrected chi connectivity index (χ3v) is 2.77. The van der Waals surface area contributed by atoms with Crippen LogP contribution < -0.4 is 10.9 Å². The van der Waals surface area contributed by atoms with Crippen LogP contribution in [0.1, 0.15) is 17.3 Å². The number of benzene rings is 1. The zero-order chi connectivity index (χ0) is 14.5. The molecule has 104 valence electrons. The van der Waals surface area contributed by atoms with Crippen LogP contribution in [-0.4, -0.2) is 28.2 Å². The van der Waals surface area contributed by atoms with Gasteiger partial charge in [0.05, 0.1) is 11.7 Å². The van der Waals surface area contributed by atoms with Crippen LogP contribution in [-0.2, 0) is 0 Å². The number of pyridine rings is 1. The topological polar surface area (TPSA) is 71.3 Å². The van der Waals surface area contributed by atoms with Crippen molar-refractivity contribution in [2.24, 2.45) is 0 Å². The second kappa shape index (κ2) is 6.16. The maximum absolute atomic E-state index is 11.9. The molecule has 0 spiro atoms. The molecular formula is C15H16N2O3. The molecule has 0 bridgehead atoms. The van der Waals surface area contributed by atoms with E-state index in [0.717, 1.165) is 0 Å². The van der Waals surface area contributed by atoms with Crippen molar-refractivity contribution in [2.45, 2.75) is 13.0 Å². The van der Waals surface area contributed by atoms with E-state index in [4.69, 9.17) is 5.11 Å². The first kappa shape index (κ1) is 14.0. The molecule has 0 saturated heterocycles. The number of carbonyl (C=O) groups excluding carboxylic acids is 1. The highest BCUT2D eigenvalue weighted by molar-refractivity contribution is 5.93. The number of para-hydroxylation sites is 1. The molecule has 1 atom stereocenters. The molecule has 0 fully saturated rings. The maximum Gasteiger partial charge on any atom is 0.255 e. The van der Waals surface area contributed by atoms with Crippen molar-refractivity contribution in [1.82, 2.24) is 9.88 Å². The Balaban J connectivity index is 2.30. The van der Waals surface area contributed by atoms with Crippen molar-refractivity contribution < 1.29 is 9.90 Å². The molecule has 2 rings (SSSR count). The maximum atomic E-state index is 11.9. The molecule has 2 N–H and O–H groups in total. The van der Waals surface area contributed by atoms with Crippen LogP contribution in [0.4, 0.5) is 0 Å². The minimum Gasteiger partial charge on any atom is -0.392 e. The molecule has 1 aromatic heterocycles. The number of aliphatic hydroxyl groups excluding tert-OH is 1. The highest BCUT2D eigenvalue weighted by Gasteiger charge is 2.09. The molecular weight excluding hydrogens is 256 g/mol. The number of nitrogens with one attached hydrogen (secondary N) is 1. The van der Waals surface area contributed by atoms with Crippen molar-refractivity contribution in [3.8, 4) is 5.69 Å². The van der Waals surface area contributed by atoms with Crippen LogP contribution >= 0.6 is 0 Å². The summed E-state index contributed by atoms with van der Waals surface area (Å²) >= 11 is 0. The van der Waals surface area contributed by atoms with E-state index in [0.29, 0.717) is 11.3 Å². The summed E-state index contributed by atoms with van der Waals surface area (Å²) in [7, 11) is 0. The van der Waals surface area contributed by atoms with Crippen molar-refractivity contribution in [3.63, 3.8) is 0 Å². The zero-order valence-corrected chi connectivity index (χ0v) is 11.1. The number of carbonyl (C=O) groups is 1.